The molecule has 5 nitrogen and oxygen atoms in total. The minimum absolute atomic E-state index is 0.0593. The van der Waals surface area contributed by atoms with E-state index in [4.69, 9.17) is 16.9 Å². The number of halogens is 1. The van der Waals surface area contributed by atoms with E-state index in [9.17, 15) is 4.79 Å². The number of nitrogens with zero attached hydrogens (tertiary/aromatic N) is 3. The molecule has 6 heteroatoms. The smallest absolute Gasteiger partial charge is 0.360 e. The van der Waals surface area contributed by atoms with E-state index in [0.717, 1.165) is 0 Å². The minimum Gasteiger partial charge on any atom is -0.464 e. The van der Waals surface area contributed by atoms with Crippen molar-refractivity contribution in [3.05, 3.63) is 46.2 Å². The Hall–Kier alpha value is -2.32. The van der Waals surface area contributed by atoms with Crippen molar-refractivity contribution >= 4 is 17.6 Å². The molecule has 1 aromatic heterocycles. The van der Waals surface area contributed by atoms with Gasteiger partial charge in [-0.1, -0.05) is 17.7 Å². The number of hydrogen-bond donors (Lipinski definition) is 0. The molecule has 1 heterocycles. The van der Waals surface area contributed by atoms with Crippen molar-refractivity contribution in [2.75, 3.05) is 7.11 Å². The van der Waals surface area contributed by atoms with Gasteiger partial charge in [-0.25, -0.2) is 9.48 Å². The van der Waals surface area contributed by atoms with E-state index < -0.39 is 5.97 Å². The maximum Gasteiger partial charge on any atom is 0.360 e. The summed E-state index contributed by atoms with van der Waals surface area (Å²) in [5.74, 6) is -0.594. The van der Waals surface area contributed by atoms with Crippen molar-refractivity contribution in [1.82, 2.24) is 9.78 Å². The molecule has 0 aliphatic carbocycles. The molecule has 0 amide bonds. The van der Waals surface area contributed by atoms with Gasteiger partial charge >= 0.3 is 5.97 Å². The maximum atomic E-state index is 11.5. The summed E-state index contributed by atoms with van der Waals surface area (Å²) in [6.07, 6.45) is 0. The van der Waals surface area contributed by atoms with Crippen molar-refractivity contribution in [3.63, 3.8) is 0 Å². The highest BCUT2D eigenvalue weighted by Crippen LogP contribution is 2.24. The Balaban J connectivity index is 2.57. The van der Waals surface area contributed by atoms with Crippen LogP contribution in [0.4, 0.5) is 0 Å². The summed E-state index contributed by atoms with van der Waals surface area (Å²) in [5, 5.41) is 13.3. The van der Waals surface area contributed by atoms with E-state index in [0.29, 0.717) is 16.9 Å². The number of carbonyl (C=O) groups is 1. The Bertz CT molecular complexity index is 686. The maximum absolute atomic E-state index is 11.5. The summed E-state index contributed by atoms with van der Waals surface area (Å²) in [6.45, 7) is 1.74. The summed E-state index contributed by atoms with van der Waals surface area (Å²) in [4.78, 5) is 11.5. The molecule has 0 aliphatic rings. The number of benzene rings is 1. The molecular weight excluding hydrogens is 266 g/mol. The van der Waals surface area contributed by atoms with Crippen molar-refractivity contribution in [2.24, 2.45) is 0 Å². The summed E-state index contributed by atoms with van der Waals surface area (Å²) < 4.78 is 6.12. The normalized spacial score (nSPS) is 10.0. The molecule has 0 aliphatic heterocycles. The molecule has 0 atom stereocenters. The van der Waals surface area contributed by atoms with Crippen LogP contribution in [0.3, 0.4) is 0 Å². The van der Waals surface area contributed by atoms with E-state index in [1.165, 1.54) is 11.8 Å². The van der Waals surface area contributed by atoms with Gasteiger partial charge < -0.3 is 4.74 Å². The Morgan fingerprint density at radius 3 is 2.89 bits per heavy atom. The van der Waals surface area contributed by atoms with Gasteiger partial charge in [-0.15, -0.1) is 0 Å². The zero-order valence-electron chi connectivity index (χ0n) is 10.3. The molecule has 0 fully saturated rings. The predicted octanol–water partition coefficient (Wildman–Crippen LogP) is 2.49. The van der Waals surface area contributed by atoms with Crippen LogP contribution < -0.4 is 0 Å². The number of methoxy groups -OCH3 is 1. The SMILES string of the molecule is COC(=O)c1nn(-c2cccc(C#N)c2)c(C)c1Cl. The van der Waals surface area contributed by atoms with Gasteiger partial charge in [0.25, 0.3) is 0 Å². The molecule has 0 spiro atoms. The Labute approximate surface area is 115 Å². The quantitative estimate of drug-likeness (QED) is 0.790. The zero-order valence-corrected chi connectivity index (χ0v) is 11.1. The highest BCUT2D eigenvalue weighted by molar-refractivity contribution is 6.34. The lowest BCUT2D eigenvalue weighted by Gasteiger charge is -2.03. The number of nitriles is 1. The van der Waals surface area contributed by atoms with Crippen molar-refractivity contribution in [2.45, 2.75) is 6.92 Å². The number of rotatable bonds is 2. The largest absolute Gasteiger partial charge is 0.464 e. The van der Waals surface area contributed by atoms with Crippen molar-refractivity contribution < 1.29 is 9.53 Å². The third-order valence-corrected chi connectivity index (χ3v) is 3.09. The van der Waals surface area contributed by atoms with Crippen LogP contribution in [0.2, 0.25) is 5.02 Å². The third-order valence-electron chi connectivity index (χ3n) is 2.64. The first-order valence-electron chi connectivity index (χ1n) is 5.42. The monoisotopic (exact) mass is 275 g/mol. The fraction of sp³-hybridized carbons (Fsp3) is 0.154. The lowest BCUT2D eigenvalue weighted by Crippen LogP contribution is -2.04. The van der Waals surface area contributed by atoms with Gasteiger partial charge in [0.2, 0.25) is 0 Å². The second kappa shape index (κ2) is 5.12. The lowest BCUT2D eigenvalue weighted by atomic mass is 10.2. The molecule has 2 aromatic rings. The van der Waals surface area contributed by atoms with Crippen LogP contribution in [0.15, 0.2) is 24.3 Å². The predicted molar refractivity (Wildman–Crippen MR) is 69.4 cm³/mol. The van der Waals surface area contributed by atoms with E-state index >= 15 is 0 Å². The van der Waals surface area contributed by atoms with E-state index in [2.05, 4.69) is 9.84 Å². The van der Waals surface area contributed by atoms with Crippen LogP contribution in [0.5, 0.6) is 0 Å². The topological polar surface area (TPSA) is 67.9 Å². The number of esters is 1. The molecule has 2 rings (SSSR count). The van der Waals surface area contributed by atoms with Gasteiger partial charge in [0, 0.05) is 0 Å². The van der Waals surface area contributed by atoms with Crippen molar-refractivity contribution in [3.8, 4) is 11.8 Å². The van der Waals surface area contributed by atoms with Gasteiger partial charge in [-0.3, -0.25) is 0 Å². The van der Waals surface area contributed by atoms with Crippen LogP contribution in [-0.4, -0.2) is 22.9 Å². The second-order valence-corrected chi connectivity index (χ2v) is 4.19. The fourth-order valence-electron chi connectivity index (χ4n) is 1.67. The molecule has 0 radical (unpaired) electrons. The van der Waals surface area contributed by atoms with E-state index in [1.54, 1.807) is 31.2 Å². The minimum atomic E-state index is -0.594. The Morgan fingerprint density at radius 1 is 1.53 bits per heavy atom. The molecule has 19 heavy (non-hydrogen) atoms. The highest BCUT2D eigenvalue weighted by Gasteiger charge is 2.20. The summed E-state index contributed by atoms with van der Waals surface area (Å²) >= 11 is 6.06. The second-order valence-electron chi connectivity index (χ2n) is 3.81. The molecule has 0 N–H and O–H groups in total. The van der Waals surface area contributed by atoms with E-state index in [-0.39, 0.29) is 10.7 Å². The first-order valence-corrected chi connectivity index (χ1v) is 5.80. The molecule has 0 saturated carbocycles. The van der Waals surface area contributed by atoms with Gasteiger partial charge in [-0.05, 0) is 25.1 Å². The van der Waals surface area contributed by atoms with Gasteiger partial charge in [0.05, 0.1) is 35.1 Å². The van der Waals surface area contributed by atoms with Gasteiger partial charge in [0.15, 0.2) is 5.69 Å². The first kappa shape index (κ1) is 13.1. The van der Waals surface area contributed by atoms with E-state index in [1.807, 2.05) is 6.07 Å². The summed E-state index contributed by atoms with van der Waals surface area (Å²) in [7, 11) is 1.27. The Morgan fingerprint density at radius 2 is 2.26 bits per heavy atom. The summed E-state index contributed by atoms with van der Waals surface area (Å²) in [6, 6.07) is 8.91. The van der Waals surface area contributed by atoms with Gasteiger partial charge in [-0.2, -0.15) is 10.4 Å². The average Bonchev–Trinajstić information content (AvgIpc) is 2.75. The average molecular weight is 276 g/mol. The van der Waals surface area contributed by atoms with Crippen LogP contribution >= 0.6 is 11.6 Å². The first-order chi connectivity index (χ1) is 9.08. The number of hydrogen-bond acceptors (Lipinski definition) is 4. The van der Waals surface area contributed by atoms with Crippen molar-refractivity contribution in [1.29, 1.82) is 5.26 Å². The lowest BCUT2D eigenvalue weighted by molar-refractivity contribution is 0.0593. The molecule has 0 bridgehead atoms. The highest BCUT2D eigenvalue weighted by atomic mass is 35.5. The van der Waals surface area contributed by atoms with Crippen LogP contribution in [-0.2, 0) is 4.74 Å². The Kier molecular flexibility index (Phi) is 3.54. The molecule has 0 saturated heterocycles. The third kappa shape index (κ3) is 2.30. The van der Waals surface area contributed by atoms with Crippen LogP contribution in [0.1, 0.15) is 21.7 Å². The fourth-order valence-corrected chi connectivity index (χ4v) is 1.86. The molecular formula is C13H10ClN3O2. The number of carbonyl (C=O) groups excluding carboxylic acids is 1. The zero-order chi connectivity index (χ0) is 14.0. The summed E-state index contributed by atoms with van der Waals surface area (Å²) in [5.41, 5.74) is 1.83. The molecule has 96 valence electrons. The van der Waals surface area contributed by atoms with Crippen LogP contribution in [0.25, 0.3) is 5.69 Å². The molecule has 0 unspecified atom stereocenters. The molecule has 1 aromatic carbocycles. The number of aromatic nitrogens is 2. The standard InChI is InChI=1S/C13H10ClN3O2/c1-8-11(14)12(13(18)19-2)16-17(8)10-5-3-4-9(6-10)7-15/h3-6H,1-2H3. The van der Waals surface area contributed by atoms with Gasteiger partial charge in [0.1, 0.15) is 0 Å². The van der Waals surface area contributed by atoms with Crippen LogP contribution in [0, 0.1) is 18.3 Å². The number of ether oxygens (including phenoxy) is 1.